The molecule has 0 N–H and O–H groups in total. The van der Waals surface area contributed by atoms with E-state index >= 15 is 0 Å². The number of hydrogen-bond acceptors (Lipinski definition) is 6. The van der Waals surface area contributed by atoms with Gasteiger partial charge in [0.15, 0.2) is 5.69 Å². The van der Waals surface area contributed by atoms with E-state index in [1.54, 1.807) is 43.3 Å². The number of nitrogens with zero attached hydrogens (tertiary/aromatic N) is 5. The lowest BCUT2D eigenvalue weighted by Crippen LogP contribution is -2.48. The predicted octanol–water partition coefficient (Wildman–Crippen LogP) is 4.05. The molecule has 43 heavy (non-hydrogen) atoms. The fraction of sp³-hybridized carbons (Fsp3) is 0.400. The van der Waals surface area contributed by atoms with Crippen LogP contribution in [0.3, 0.4) is 0 Å². The zero-order chi connectivity index (χ0) is 31.2. The number of aromatic nitrogens is 2. The van der Waals surface area contributed by atoms with Crippen molar-refractivity contribution in [3.63, 3.8) is 0 Å². The Balaban J connectivity index is 1.62. The number of hydrogen-bond donors (Lipinski definition) is 0. The monoisotopic (exact) mass is 599 g/mol. The van der Waals surface area contributed by atoms with Gasteiger partial charge in [-0.05, 0) is 62.7 Å². The van der Waals surface area contributed by atoms with E-state index in [1.807, 2.05) is 13.8 Å². The first-order valence-electron chi connectivity index (χ1n) is 13.8. The largest absolute Gasteiger partial charge is 0.497 e. The maximum absolute atomic E-state index is 14.2. The molecule has 1 aromatic heterocycles. The smallest absolute Gasteiger partial charge is 0.435 e. The summed E-state index contributed by atoms with van der Waals surface area (Å²) in [5, 5.41) is 3.90. The Morgan fingerprint density at radius 2 is 1.70 bits per heavy atom. The molecule has 10 nitrogen and oxygen atoms in total. The highest BCUT2D eigenvalue weighted by molar-refractivity contribution is 6.08. The third-order valence-corrected chi connectivity index (χ3v) is 7.49. The average Bonchev–Trinajstić information content (AvgIpc) is 3.37. The van der Waals surface area contributed by atoms with Gasteiger partial charge in [-0.1, -0.05) is 0 Å². The van der Waals surface area contributed by atoms with E-state index in [0.29, 0.717) is 17.0 Å². The van der Waals surface area contributed by atoms with Gasteiger partial charge in [-0.15, -0.1) is 0 Å². The van der Waals surface area contributed by atoms with Crippen molar-refractivity contribution in [2.75, 3.05) is 45.7 Å². The van der Waals surface area contributed by atoms with Gasteiger partial charge in [-0.3, -0.25) is 14.4 Å². The number of carbonyl (C=O) groups excluding carboxylic acids is 3. The highest BCUT2D eigenvalue weighted by Crippen LogP contribution is 2.38. The van der Waals surface area contributed by atoms with Gasteiger partial charge < -0.3 is 24.2 Å². The summed E-state index contributed by atoms with van der Waals surface area (Å²) < 4.78 is 54.7. The molecule has 3 heterocycles. The van der Waals surface area contributed by atoms with Crippen LogP contribution < -0.4 is 9.64 Å². The van der Waals surface area contributed by atoms with E-state index < -0.39 is 23.7 Å². The number of halogens is 3. The van der Waals surface area contributed by atoms with Crippen molar-refractivity contribution < 1.29 is 37.0 Å². The molecular formula is C30H32F3N5O5. The molecule has 3 amide bonds. The summed E-state index contributed by atoms with van der Waals surface area (Å²) in [5.74, 6) is -1.07. The van der Waals surface area contributed by atoms with Crippen molar-refractivity contribution >= 4 is 23.4 Å². The molecule has 0 spiro atoms. The fourth-order valence-corrected chi connectivity index (χ4v) is 5.56. The molecule has 1 saturated heterocycles. The average molecular weight is 600 g/mol. The van der Waals surface area contributed by atoms with E-state index in [4.69, 9.17) is 9.47 Å². The van der Waals surface area contributed by atoms with E-state index in [1.165, 1.54) is 35.1 Å². The highest BCUT2D eigenvalue weighted by atomic mass is 19.4. The van der Waals surface area contributed by atoms with Gasteiger partial charge >= 0.3 is 6.18 Å². The van der Waals surface area contributed by atoms with Crippen molar-refractivity contribution in [2.45, 2.75) is 38.7 Å². The molecule has 2 aromatic carbocycles. The first kappa shape index (κ1) is 30.1. The van der Waals surface area contributed by atoms with Crippen LogP contribution >= 0.6 is 0 Å². The second kappa shape index (κ2) is 11.4. The van der Waals surface area contributed by atoms with Crippen molar-refractivity contribution in [3.05, 3.63) is 70.5 Å². The number of anilines is 1. The lowest BCUT2D eigenvalue weighted by atomic mass is 10.0. The van der Waals surface area contributed by atoms with Crippen molar-refractivity contribution in [1.29, 1.82) is 0 Å². The van der Waals surface area contributed by atoms with Crippen LogP contribution in [0.15, 0.2) is 42.5 Å². The molecule has 13 heteroatoms. The van der Waals surface area contributed by atoms with Crippen LogP contribution in [0, 0.1) is 0 Å². The van der Waals surface area contributed by atoms with Crippen LogP contribution in [0.5, 0.6) is 5.75 Å². The Kier molecular flexibility index (Phi) is 7.95. The molecule has 228 valence electrons. The van der Waals surface area contributed by atoms with Crippen molar-refractivity contribution in [3.8, 4) is 11.4 Å². The quantitative estimate of drug-likeness (QED) is 0.439. The number of benzene rings is 2. The van der Waals surface area contributed by atoms with Gasteiger partial charge in [0.05, 0.1) is 30.6 Å². The molecule has 1 fully saturated rings. The topological polar surface area (TPSA) is 97.2 Å². The van der Waals surface area contributed by atoms with E-state index in [2.05, 4.69) is 5.10 Å². The first-order chi connectivity index (χ1) is 20.3. The molecule has 0 radical (unpaired) electrons. The zero-order valence-electron chi connectivity index (χ0n) is 24.4. The van der Waals surface area contributed by atoms with Gasteiger partial charge in [0.2, 0.25) is 0 Å². The third-order valence-electron chi connectivity index (χ3n) is 7.49. The van der Waals surface area contributed by atoms with E-state index in [-0.39, 0.29) is 66.7 Å². The van der Waals surface area contributed by atoms with Gasteiger partial charge in [0.25, 0.3) is 17.7 Å². The number of fused-ring (bicyclic) bond motifs is 1. The van der Waals surface area contributed by atoms with E-state index in [0.717, 1.165) is 4.68 Å². The fourth-order valence-electron chi connectivity index (χ4n) is 5.56. The SMILES string of the molecule is COc1ccc(-n2nc(C(F)(F)F)c3c2C(=O)N(c2ccc(C(=O)N(C)C)cc2)CC3)c(C(=O)N2CC(C)OC(C)C2)c1. The Labute approximate surface area is 246 Å². The van der Waals surface area contributed by atoms with Crippen LogP contribution in [0.2, 0.25) is 0 Å². The summed E-state index contributed by atoms with van der Waals surface area (Å²) in [4.78, 5) is 44.5. The number of methoxy groups -OCH3 is 1. The summed E-state index contributed by atoms with van der Waals surface area (Å²) in [6.45, 7) is 4.20. The number of morpholine rings is 1. The van der Waals surface area contributed by atoms with Gasteiger partial charge in [-0.2, -0.15) is 18.3 Å². The van der Waals surface area contributed by atoms with Gasteiger partial charge in [0, 0.05) is 50.5 Å². The Morgan fingerprint density at radius 3 is 2.28 bits per heavy atom. The number of amides is 3. The molecule has 3 aromatic rings. The van der Waals surface area contributed by atoms with Crippen LogP contribution in [-0.4, -0.2) is 90.3 Å². The second-order valence-electron chi connectivity index (χ2n) is 10.9. The van der Waals surface area contributed by atoms with Crippen LogP contribution in [0.4, 0.5) is 18.9 Å². The van der Waals surface area contributed by atoms with Gasteiger partial charge in [-0.25, -0.2) is 4.68 Å². The molecule has 2 unspecified atom stereocenters. The van der Waals surface area contributed by atoms with Crippen LogP contribution in [0.1, 0.15) is 56.3 Å². The number of rotatable bonds is 5. The number of ether oxygens (including phenoxy) is 2. The molecule has 2 aliphatic rings. The lowest BCUT2D eigenvalue weighted by molar-refractivity contribution is -0.141. The normalized spacial score (nSPS) is 18.8. The minimum atomic E-state index is -4.84. The summed E-state index contributed by atoms with van der Waals surface area (Å²) in [7, 11) is 4.64. The maximum Gasteiger partial charge on any atom is 0.435 e. The lowest BCUT2D eigenvalue weighted by Gasteiger charge is -2.35. The van der Waals surface area contributed by atoms with Crippen LogP contribution in [-0.2, 0) is 17.3 Å². The number of alkyl halides is 3. The molecule has 2 atom stereocenters. The van der Waals surface area contributed by atoms with Crippen molar-refractivity contribution in [1.82, 2.24) is 19.6 Å². The molecule has 0 aliphatic carbocycles. The summed E-state index contributed by atoms with van der Waals surface area (Å²) in [6.07, 6.45) is -5.44. The maximum atomic E-state index is 14.2. The number of carbonyl (C=O) groups is 3. The standard InChI is InChI=1S/C30H32F3N5O5/c1-17-15-36(16-18(2)43-17)28(40)23-14-21(42-5)10-11-24(23)38-25-22(26(34-38)30(31,32)33)12-13-37(29(25)41)20-8-6-19(7-9-20)27(39)35(3)4/h6-11,14,17-18H,12-13,15-16H2,1-5H3. The third kappa shape index (κ3) is 5.68. The second-order valence-corrected chi connectivity index (χ2v) is 10.9. The summed E-state index contributed by atoms with van der Waals surface area (Å²) in [6, 6.07) is 10.6. The Bertz CT molecular complexity index is 1560. The van der Waals surface area contributed by atoms with Crippen LogP contribution in [0.25, 0.3) is 5.69 Å². The molecule has 5 rings (SSSR count). The minimum Gasteiger partial charge on any atom is -0.497 e. The summed E-state index contributed by atoms with van der Waals surface area (Å²) in [5.41, 5.74) is -0.829. The zero-order valence-corrected chi connectivity index (χ0v) is 24.4. The van der Waals surface area contributed by atoms with Crippen molar-refractivity contribution in [2.24, 2.45) is 0 Å². The predicted molar refractivity (Wildman–Crippen MR) is 151 cm³/mol. The molecule has 0 saturated carbocycles. The highest BCUT2D eigenvalue weighted by Gasteiger charge is 2.44. The summed E-state index contributed by atoms with van der Waals surface area (Å²) >= 11 is 0. The Morgan fingerprint density at radius 1 is 1.05 bits per heavy atom. The minimum absolute atomic E-state index is 0.0199. The van der Waals surface area contributed by atoms with Gasteiger partial charge in [0.1, 0.15) is 11.4 Å². The Hall–Kier alpha value is -4.39. The first-order valence-corrected chi connectivity index (χ1v) is 13.8. The molecular weight excluding hydrogens is 567 g/mol. The molecule has 2 aliphatic heterocycles. The molecule has 0 bridgehead atoms. The van der Waals surface area contributed by atoms with E-state index in [9.17, 15) is 27.6 Å².